The number of rotatable bonds is 25. The number of Topliss-reactive ketones (excluding diaryl/α,β-unsaturated/α-hetero) is 1. The lowest BCUT2D eigenvalue weighted by molar-refractivity contribution is -0.940. The van der Waals surface area contributed by atoms with Crippen LogP contribution in [-0.2, 0) is 67.7 Å². The number of ether oxygens (including phenoxy) is 3. The molecule has 19 heteroatoms. The van der Waals surface area contributed by atoms with Gasteiger partial charge in [-0.1, -0.05) is 95.3 Å². The van der Waals surface area contributed by atoms with Crippen LogP contribution >= 0.6 is 0 Å². The van der Waals surface area contributed by atoms with Crippen LogP contribution in [0.3, 0.4) is 0 Å². The fraction of sp³-hybridized carbons (Fsp3) is 0.519. The highest BCUT2D eigenvalue weighted by Gasteiger charge is 2.50. The molecule has 2 saturated heterocycles. The van der Waals surface area contributed by atoms with E-state index in [0.29, 0.717) is 58.2 Å². The Morgan fingerprint density at radius 3 is 1.83 bits per heavy atom. The van der Waals surface area contributed by atoms with E-state index in [1.807, 2.05) is 88.4 Å². The highest BCUT2D eigenvalue weighted by atomic mass is 32.2. The molecule has 0 radical (unpaired) electrons. The van der Waals surface area contributed by atoms with Gasteiger partial charge < -0.3 is 44.5 Å². The molecule has 2 heterocycles. The summed E-state index contributed by atoms with van der Waals surface area (Å²) in [7, 11) is -3.92. The zero-order chi connectivity index (χ0) is 52.4. The number of hydrogen-bond donors (Lipinski definition) is 4. The average molecular weight is 1010 g/mol. The van der Waals surface area contributed by atoms with Gasteiger partial charge in [0.15, 0.2) is 18.6 Å². The standard InChI is InChI=1S/C51H67N5O10.CH4O3S/c1-7-46(59)66-44-21-19-38(28-39(44)32-57)30-56(22-24-64-25-23-56)31-45(58)52-40(20-18-36-14-10-8-11-15-36)48(61)54-42(27-35(4)5)49(62)55-43(29-37-16-12-9-13-17-37)50(63)53-41(26-34(2)3)47(60)51(6)33-65-51;1-5(2,3)4/h8-17,19,21,28,32,34-35,40-43H,7,18,20,22-27,29-31,33H2,1-6H3,(H3-,52,53,54,55,58,61,62,63);1H3,(H,2,3,4)/t40-,41-,42-,43-,51+;/m0./s1. The lowest BCUT2D eigenvalue weighted by Gasteiger charge is -2.41. The molecule has 0 spiro atoms. The molecule has 5 rings (SSSR count). The molecule has 2 aliphatic heterocycles. The summed E-state index contributed by atoms with van der Waals surface area (Å²) in [4.78, 5) is 94.7. The summed E-state index contributed by atoms with van der Waals surface area (Å²) >= 11 is 0. The Morgan fingerprint density at radius 2 is 1.28 bits per heavy atom. The van der Waals surface area contributed by atoms with E-state index in [4.69, 9.17) is 27.2 Å². The van der Waals surface area contributed by atoms with Crippen LogP contribution in [0.15, 0.2) is 78.9 Å². The fourth-order valence-electron chi connectivity index (χ4n) is 8.24. The first-order valence-electron chi connectivity index (χ1n) is 24.1. The van der Waals surface area contributed by atoms with E-state index in [2.05, 4.69) is 21.3 Å². The summed E-state index contributed by atoms with van der Waals surface area (Å²) in [6.07, 6.45) is 2.83. The summed E-state index contributed by atoms with van der Waals surface area (Å²) in [5.74, 6) is -2.52. The minimum Gasteiger partial charge on any atom is -0.748 e. The van der Waals surface area contributed by atoms with Gasteiger partial charge in [-0.05, 0) is 73.8 Å². The SMILES string of the molecule is CCC(=O)Oc1ccc(C[N+]2(CC(=O)N[C@@H](CCc3ccccc3)C(=O)N[C@@H](CC(C)C)C(=O)N[C@@H](Cc3ccccc3)C(=O)N[C@@H](CC(C)C)C(=O)[C@@]3(C)CO3)CCOCC2)cc1C=O.CS(=O)(=O)[O-]. The molecule has 388 valence electrons. The number of aldehydes is 1. The third-order valence-electron chi connectivity index (χ3n) is 12.0. The molecular formula is C52H71N5O13S. The molecule has 71 heavy (non-hydrogen) atoms. The molecule has 0 unspecified atom stereocenters. The maximum absolute atomic E-state index is 14.5. The Morgan fingerprint density at radius 1 is 0.761 bits per heavy atom. The Kier molecular flexibility index (Phi) is 22.0. The number of esters is 1. The van der Waals surface area contributed by atoms with Gasteiger partial charge in [0, 0.05) is 24.7 Å². The van der Waals surface area contributed by atoms with Crippen molar-refractivity contribution in [1.82, 2.24) is 21.3 Å². The van der Waals surface area contributed by atoms with E-state index in [9.17, 15) is 33.6 Å². The summed E-state index contributed by atoms with van der Waals surface area (Å²) in [5.41, 5.74) is 1.77. The maximum atomic E-state index is 14.5. The Bertz CT molecular complexity index is 2380. The molecule has 0 saturated carbocycles. The van der Waals surface area contributed by atoms with Crippen LogP contribution in [0.2, 0.25) is 0 Å². The first-order chi connectivity index (χ1) is 33.5. The number of carbonyl (C=O) groups excluding carboxylic acids is 7. The van der Waals surface area contributed by atoms with Crippen molar-refractivity contribution < 1.29 is 65.2 Å². The number of aryl methyl sites for hydroxylation is 1. The van der Waals surface area contributed by atoms with Gasteiger partial charge >= 0.3 is 5.97 Å². The number of carbonyl (C=O) groups is 7. The van der Waals surface area contributed by atoms with Crippen LogP contribution in [0.1, 0.15) is 94.3 Å². The molecule has 5 atom stereocenters. The Hall–Kier alpha value is -5.86. The van der Waals surface area contributed by atoms with Gasteiger partial charge in [-0.3, -0.25) is 33.6 Å². The zero-order valence-electron chi connectivity index (χ0n) is 41.9. The van der Waals surface area contributed by atoms with Crippen LogP contribution in [0, 0.1) is 11.8 Å². The predicted octanol–water partition coefficient (Wildman–Crippen LogP) is 3.59. The van der Waals surface area contributed by atoms with Crippen LogP contribution < -0.4 is 26.0 Å². The molecule has 0 bridgehead atoms. The normalized spacial score (nSPS) is 17.8. The number of amides is 4. The minimum absolute atomic E-state index is 0.000754. The molecule has 2 fully saturated rings. The van der Waals surface area contributed by atoms with E-state index in [1.54, 1.807) is 32.0 Å². The minimum atomic E-state index is -3.92. The van der Waals surface area contributed by atoms with Gasteiger partial charge in [0.25, 0.3) is 5.91 Å². The molecule has 0 aromatic heterocycles. The summed E-state index contributed by atoms with van der Waals surface area (Å²) in [6, 6.07) is 19.8. The van der Waals surface area contributed by atoms with E-state index >= 15 is 0 Å². The van der Waals surface area contributed by atoms with Crippen molar-refractivity contribution in [3.63, 3.8) is 0 Å². The van der Waals surface area contributed by atoms with E-state index in [1.165, 1.54) is 0 Å². The third-order valence-corrected chi connectivity index (χ3v) is 12.0. The highest BCUT2D eigenvalue weighted by molar-refractivity contribution is 7.84. The number of quaternary nitrogens is 1. The lowest BCUT2D eigenvalue weighted by Crippen LogP contribution is -2.61. The number of ketones is 1. The highest BCUT2D eigenvalue weighted by Crippen LogP contribution is 2.30. The van der Waals surface area contributed by atoms with Gasteiger partial charge in [0.05, 0.1) is 41.5 Å². The summed E-state index contributed by atoms with van der Waals surface area (Å²) in [6.45, 7) is 13.6. The molecule has 0 aliphatic carbocycles. The number of nitrogens with zero attached hydrogens (tertiary/aromatic N) is 1. The zero-order valence-corrected chi connectivity index (χ0v) is 42.7. The second-order valence-electron chi connectivity index (χ2n) is 19.4. The Balaban J connectivity index is 0.00000208. The molecular weight excluding hydrogens is 935 g/mol. The second-order valence-corrected chi connectivity index (χ2v) is 20.8. The molecule has 2 aliphatic rings. The monoisotopic (exact) mass is 1010 g/mol. The Labute approximate surface area is 417 Å². The van der Waals surface area contributed by atoms with Crippen LogP contribution in [0.25, 0.3) is 0 Å². The van der Waals surface area contributed by atoms with Gasteiger partial charge in [-0.15, -0.1) is 0 Å². The van der Waals surface area contributed by atoms with Crippen molar-refractivity contribution in [3.8, 4) is 5.75 Å². The average Bonchev–Trinajstić information content (AvgIpc) is 4.07. The summed E-state index contributed by atoms with van der Waals surface area (Å²) < 4.78 is 44.0. The van der Waals surface area contributed by atoms with Gasteiger partial charge in [0.1, 0.15) is 49.1 Å². The van der Waals surface area contributed by atoms with Crippen LogP contribution in [0.4, 0.5) is 0 Å². The molecule has 4 N–H and O–H groups in total. The molecule has 4 amide bonds. The number of morpholine rings is 1. The van der Waals surface area contributed by atoms with Crippen LogP contribution in [-0.4, -0.2) is 135 Å². The first-order valence-corrected chi connectivity index (χ1v) is 25.9. The predicted molar refractivity (Wildman–Crippen MR) is 264 cm³/mol. The van der Waals surface area contributed by atoms with Crippen molar-refractivity contribution in [1.29, 1.82) is 0 Å². The van der Waals surface area contributed by atoms with Crippen LogP contribution in [0.5, 0.6) is 5.75 Å². The summed E-state index contributed by atoms with van der Waals surface area (Å²) in [5, 5.41) is 11.8. The number of epoxide rings is 1. The molecule has 3 aromatic carbocycles. The molecule has 3 aromatic rings. The van der Waals surface area contributed by atoms with Crippen molar-refractivity contribution >= 4 is 51.8 Å². The van der Waals surface area contributed by atoms with Crippen molar-refractivity contribution in [3.05, 3.63) is 101 Å². The lowest BCUT2D eigenvalue weighted by atomic mass is 9.93. The topological polar surface area (TPSA) is 256 Å². The van der Waals surface area contributed by atoms with Crippen molar-refractivity contribution in [2.24, 2.45) is 11.8 Å². The smallest absolute Gasteiger partial charge is 0.310 e. The van der Waals surface area contributed by atoms with E-state index in [-0.39, 0.29) is 78.2 Å². The van der Waals surface area contributed by atoms with Gasteiger partial charge in [0.2, 0.25) is 17.7 Å². The van der Waals surface area contributed by atoms with Crippen molar-refractivity contribution in [2.75, 3.05) is 45.7 Å². The largest absolute Gasteiger partial charge is 0.748 e. The van der Waals surface area contributed by atoms with Gasteiger partial charge in [-0.25, -0.2) is 8.42 Å². The van der Waals surface area contributed by atoms with E-state index in [0.717, 1.165) is 16.7 Å². The first kappa shape index (κ1) is 57.7. The maximum Gasteiger partial charge on any atom is 0.310 e. The second kappa shape index (κ2) is 27.1. The fourth-order valence-corrected chi connectivity index (χ4v) is 8.24. The van der Waals surface area contributed by atoms with E-state index < -0.39 is 63.6 Å². The third kappa shape index (κ3) is 20.1. The van der Waals surface area contributed by atoms with Gasteiger partial charge in [-0.2, -0.15) is 0 Å². The van der Waals surface area contributed by atoms with Crippen molar-refractivity contribution in [2.45, 2.75) is 116 Å². The number of benzene rings is 3. The quantitative estimate of drug-likeness (QED) is 0.0237. The number of nitrogens with one attached hydrogen (secondary N) is 4. The number of hydrogen-bond acceptors (Lipinski definition) is 13. The molecule has 18 nitrogen and oxygen atoms in total.